The molecule has 0 N–H and O–H groups in total. The summed E-state index contributed by atoms with van der Waals surface area (Å²) in [5.74, 6) is -3.65. The minimum atomic E-state index is -1.63. The van der Waals surface area contributed by atoms with Crippen LogP contribution in [0.15, 0.2) is 0 Å². The van der Waals surface area contributed by atoms with E-state index in [1.165, 1.54) is 0 Å². The van der Waals surface area contributed by atoms with Crippen molar-refractivity contribution in [1.29, 1.82) is 0 Å². The number of hydrogen-bond acceptors (Lipinski definition) is 5. The molecular formula is C5H6Al2O5+4. The molecule has 0 amide bonds. The maximum Gasteiger partial charge on any atom is 3.00 e. The maximum atomic E-state index is 9.48. The van der Waals surface area contributed by atoms with Crippen LogP contribution in [0, 0.1) is 0 Å². The Morgan fingerprint density at radius 2 is 1.00 bits per heavy atom. The Bertz CT molecular complexity index is 140. The second kappa shape index (κ2) is 13.3. The summed E-state index contributed by atoms with van der Waals surface area (Å²) in [6.45, 7) is 1.91. The fraction of sp³-hybridized carbons (Fsp3) is 0.400. The number of Topliss-reactive ketones (excluding diaryl/α,β-unsaturated/α-hetero) is 1. The van der Waals surface area contributed by atoms with Crippen LogP contribution in [0.2, 0.25) is 0 Å². The SMILES string of the molecule is CC(=O)C(=O)[O-].CC(=O)[O-].[Al+3].[Al+3]. The number of carbonyl (C=O) groups excluding carboxylic acids is 3. The predicted molar refractivity (Wildman–Crippen MR) is 37.9 cm³/mol. The third-order valence-corrected chi connectivity index (χ3v) is 0.287. The van der Waals surface area contributed by atoms with Crippen LogP contribution in [0.25, 0.3) is 0 Å². The second-order valence-corrected chi connectivity index (χ2v) is 1.34. The van der Waals surface area contributed by atoms with Crippen LogP contribution in [0.1, 0.15) is 13.8 Å². The monoisotopic (exact) mass is 200 g/mol. The van der Waals surface area contributed by atoms with Gasteiger partial charge in [-0.1, -0.05) is 0 Å². The molecule has 0 aromatic rings. The first-order chi connectivity index (χ1) is 4.37. The third kappa shape index (κ3) is 53.9. The third-order valence-electron chi connectivity index (χ3n) is 0.287. The van der Waals surface area contributed by atoms with Gasteiger partial charge in [-0.25, -0.2) is 0 Å². The molecule has 12 heavy (non-hydrogen) atoms. The van der Waals surface area contributed by atoms with Crippen molar-refractivity contribution >= 4 is 52.4 Å². The van der Waals surface area contributed by atoms with Crippen LogP contribution in [-0.2, 0) is 14.4 Å². The smallest absolute Gasteiger partial charge is 0.550 e. The van der Waals surface area contributed by atoms with Gasteiger partial charge in [-0.05, 0) is 6.92 Å². The van der Waals surface area contributed by atoms with Crippen molar-refractivity contribution in [3.05, 3.63) is 0 Å². The summed E-state index contributed by atoms with van der Waals surface area (Å²) >= 11 is 0. The summed E-state index contributed by atoms with van der Waals surface area (Å²) in [5, 5.41) is 18.1. The van der Waals surface area contributed by atoms with E-state index in [4.69, 9.17) is 9.90 Å². The standard InChI is InChI=1S/C3H4O3.C2H4O2.2Al/c1-2(4)3(5)6;1-2(3)4;;/h1H3,(H,5,6);1H3,(H,3,4);;/q;;2*+3/p-2. The van der Waals surface area contributed by atoms with Gasteiger partial charge in [-0.15, -0.1) is 0 Å². The Kier molecular flexibility index (Phi) is 25.0. The Morgan fingerprint density at radius 3 is 1.00 bits per heavy atom. The van der Waals surface area contributed by atoms with Gasteiger partial charge in [0, 0.05) is 12.9 Å². The average molecular weight is 200 g/mol. The van der Waals surface area contributed by atoms with Gasteiger partial charge in [0.2, 0.25) is 0 Å². The van der Waals surface area contributed by atoms with Crippen LogP contribution >= 0.6 is 0 Å². The van der Waals surface area contributed by atoms with Crippen LogP contribution in [0.3, 0.4) is 0 Å². The van der Waals surface area contributed by atoms with Crippen molar-refractivity contribution in [3.8, 4) is 0 Å². The molecule has 7 heteroatoms. The topological polar surface area (TPSA) is 97.3 Å². The minimum absolute atomic E-state index is 0. The molecular weight excluding hydrogens is 194 g/mol. The van der Waals surface area contributed by atoms with Crippen molar-refractivity contribution in [2.24, 2.45) is 0 Å². The molecule has 0 spiro atoms. The molecule has 0 aliphatic heterocycles. The minimum Gasteiger partial charge on any atom is -0.550 e. The molecule has 0 aromatic carbocycles. The van der Waals surface area contributed by atoms with Gasteiger partial charge < -0.3 is 19.8 Å². The van der Waals surface area contributed by atoms with Gasteiger partial charge >= 0.3 is 34.7 Å². The number of ketones is 1. The number of aliphatic carboxylic acids is 2. The van der Waals surface area contributed by atoms with E-state index < -0.39 is 17.7 Å². The molecule has 0 atom stereocenters. The quantitative estimate of drug-likeness (QED) is 0.320. The van der Waals surface area contributed by atoms with Gasteiger partial charge in [0.15, 0.2) is 5.78 Å². The maximum absolute atomic E-state index is 9.48. The first-order valence-electron chi connectivity index (χ1n) is 2.27. The average Bonchev–Trinajstić information content (AvgIpc) is 1.63. The summed E-state index contributed by atoms with van der Waals surface area (Å²) in [6.07, 6.45) is 0. The van der Waals surface area contributed by atoms with Crippen LogP contribution in [0.5, 0.6) is 0 Å². The first kappa shape index (κ1) is 22.6. The predicted octanol–water partition coefficient (Wildman–Crippen LogP) is -3.68. The zero-order chi connectivity index (χ0) is 8.73. The Morgan fingerprint density at radius 1 is 0.917 bits per heavy atom. The number of hydrogen-bond donors (Lipinski definition) is 0. The van der Waals surface area contributed by atoms with E-state index in [0.717, 1.165) is 13.8 Å². The molecule has 0 unspecified atom stereocenters. The summed E-state index contributed by atoms with van der Waals surface area (Å²) in [4.78, 5) is 27.6. The van der Waals surface area contributed by atoms with Gasteiger partial charge in [0.25, 0.3) is 0 Å². The van der Waals surface area contributed by atoms with E-state index in [2.05, 4.69) is 0 Å². The van der Waals surface area contributed by atoms with Gasteiger partial charge in [-0.2, -0.15) is 0 Å². The van der Waals surface area contributed by atoms with Gasteiger partial charge in [0.1, 0.15) is 5.97 Å². The summed E-state index contributed by atoms with van der Waals surface area (Å²) in [5.41, 5.74) is 0. The van der Waals surface area contributed by atoms with Crippen molar-refractivity contribution < 1.29 is 24.6 Å². The molecule has 0 heterocycles. The molecule has 0 aromatic heterocycles. The Labute approximate surface area is 91.0 Å². The normalized spacial score (nSPS) is 5.83. The molecule has 5 nitrogen and oxygen atoms in total. The van der Waals surface area contributed by atoms with E-state index in [1.807, 2.05) is 0 Å². The number of carboxylic acids is 2. The van der Waals surface area contributed by atoms with Crippen molar-refractivity contribution in [2.45, 2.75) is 13.8 Å². The van der Waals surface area contributed by atoms with Gasteiger partial charge in [0.05, 0.1) is 0 Å². The van der Waals surface area contributed by atoms with Crippen molar-refractivity contribution in [1.82, 2.24) is 0 Å². The largest absolute Gasteiger partial charge is 3.00 e. The summed E-state index contributed by atoms with van der Waals surface area (Å²) < 4.78 is 0. The fourth-order valence-corrected chi connectivity index (χ4v) is 0. The number of carboxylic acid groups (broad SMARTS) is 2. The van der Waals surface area contributed by atoms with Crippen LogP contribution in [-0.4, -0.2) is 52.4 Å². The molecule has 0 aliphatic carbocycles. The molecule has 0 fully saturated rings. The molecule has 58 valence electrons. The molecule has 0 rings (SSSR count). The zero-order valence-electron chi connectivity index (χ0n) is 6.70. The molecule has 0 saturated heterocycles. The van der Waals surface area contributed by atoms with Crippen LogP contribution < -0.4 is 10.2 Å². The van der Waals surface area contributed by atoms with Gasteiger partial charge in [-0.3, -0.25) is 4.79 Å². The molecule has 0 aliphatic rings. The van der Waals surface area contributed by atoms with E-state index in [0.29, 0.717) is 0 Å². The fourth-order valence-electron chi connectivity index (χ4n) is 0. The Hall–Kier alpha value is -0.325. The molecule has 0 radical (unpaired) electrons. The van der Waals surface area contributed by atoms with E-state index in [-0.39, 0.29) is 34.7 Å². The van der Waals surface area contributed by atoms with Crippen molar-refractivity contribution in [2.75, 3.05) is 0 Å². The summed E-state index contributed by atoms with van der Waals surface area (Å²) in [7, 11) is 0. The zero-order valence-corrected chi connectivity index (χ0v) is 9.01. The number of rotatable bonds is 1. The van der Waals surface area contributed by atoms with E-state index >= 15 is 0 Å². The van der Waals surface area contributed by atoms with E-state index in [9.17, 15) is 14.7 Å². The second-order valence-electron chi connectivity index (χ2n) is 1.34. The molecule has 0 bridgehead atoms. The van der Waals surface area contributed by atoms with E-state index in [1.54, 1.807) is 0 Å². The number of carbonyl (C=O) groups is 3. The first-order valence-corrected chi connectivity index (χ1v) is 2.27. The summed E-state index contributed by atoms with van der Waals surface area (Å²) in [6, 6.07) is 0. The van der Waals surface area contributed by atoms with Crippen LogP contribution in [0.4, 0.5) is 0 Å². The van der Waals surface area contributed by atoms with Crippen molar-refractivity contribution in [3.63, 3.8) is 0 Å². The molecule has 0 saturated carbocycles. The Balaban J connectivity index is -0.0000000483.